The van der Waals surface area contributed by atoms with Crippen LogP contribution in [0.1, 0.15) is 38.5 Å². The van der Waals surface area contributed by atoms with Crippen LogP contribution in [0.4, 0.5) is 0 Å². The molecule has 2 rings (SSSR count). The van der Waals surface area contributed by atoms with Gasteiger partial charge in [0.25, 0.3) is 0 Å². The number of carboxylic acids is 1. The van der Waals surface area contributed by atoms with Crippen molar-refractivity contribution in [1.82, 2.24) is 5.32 Å². The van der Waals surface area contributed by atoms with Crippen LogP contribution in [0.2, 0.25) is 0 Å². The number of hydrogen-bond acceptors (Lipinski definition) is 11. The highest BCUT2D eigenvalue weighted by atomic mass is 16.6. The fourth-order valence-electron chi connectivity index (χ4n) is 4.93. The molecule has 1 amide bonds. The topological polar surface area (TPSA) is 157 Å². The fourth-order valence-corrected chi connectivity index (χ4v) is 4.93. The van der Waals surface area contributed by atoms with Crippen LogP contribution in [0.3, 0.4) is 0 Å². The summed E-state index contributed by atoms with van der Waals surface area (Å²) in [6.07, 6.45) is 3.08. The number of nitrogens with one attached hydrogen (secondary N) is 1. The Kier molecular flexibility index (Phi) is 21.5. The van der Waals surface area contributed by atoms with E-state index in [1.54, 1.807) is 7.11 Å². The van der Waals surface area contributed by atoms with E-state index in [4.69, 9.17) is 37.9 Å². The molecule has 1 saturated carbocycles. The van der Waals surface area contributed by atoms with Crippen LogP contribution in [-0.4, -0.2) is 129 Å². The molecule has 0 bridgehead atoms. The normalized spacial score (nSPS) is 19.5. The first-order valence-electron chi connectivity index (χ1n) is 15.6. The largest absolute Gasteiger partial charge is 0.481 e. The molecule has 252 valence electrons. The molecule has 0 radical (unpaired) electrons. The molecule has 1 fully saturated rings. The Morgan fingerprint density at radius 1 is 0.705 bits per heavy atom. The standard InChI is InChI=1S/C31H51NO12/c1-37-10-11-39-14-15-41-18-19-43-21-20-42-17-16-40-13-12-38-9-8-32-31(36)25(22-29(33)34)23-30(35)44-24-28-26-6-4-2-3-5-7-27(26)28/h25-28H,4-24H2,1H3,(H,32,36)(H,33,34)/t25-,26-,27+,28?/m1/s1. The van der Waals surface area contributed by atoms with Crippen molar-refractivity contribution in [3.63, 3.8) is 0 Å². The van der Waals surface area contributed by atoms with Gasteiger partial charge in [0, 0.05) is 26.5 Å². The summed E-state index contributed by atoms with van der Waals surface area (Å²) in [6, 6.07) is 0. The van der Waals surface area contributed by atoms with Crippen LogP contribution in [-0.2, 0) is 52.3 Å². The summed E-state index contributed by atoms with van der Waals surface area (Å²) in [5, 5.41) is 11.9. The molecule has 0 spiro atoms. The van der Waals surface area contributed by atoms with Gasteiger partial charge in [0.15, 0.2) is 0 Å². The minimum Gasteiger partial charge on any atom is -0.481 e. The van der Waals surface area contributed by atoms with Gasteiger partial charge >= 0.3 is 11.9 Å². The molecule has 44 heavy (non-hydrogen) atoms. The van der Waals surface area contributed by atoms with E-state index >= 15 is 0 Å². The molecule has 0 aromatic rings. The number of carbonyl (C=O) groups excluding carboxylic acids is 2. The summed E-state index contributed by atoms with van der Waals surface area (Å²) < 4.78 is 42.7. The Bertz CT molecular complexity index is 842. The lowest BCUT2D eigenvalue weighted by molar-refractivity contribution is -0.149. The molecule has 2 aliphatic rings. The quantitative estimate of drug-likeness (QED) is 0.0728. The highest BCUT2D eigenvalue weighted by molar-refractivity contribution is 5.87. The first-order valence-corrected chi connectivity index (χ1v) is 15.6. The summed E-state index contributed by atoms with van der Waals surface area (Å²) in [6.45, 7) is 6.35. The maximum Gasteiger partial charge on any atom is 0.306 e. The molecule has 13 heteroatoms. The maximum atomic E-state index is 12.5. The number of rotatable bonds is 28. The van der Waals surface area contributed by atoms with E-state index in [9.17, 15) is 19.5 Å². The number of carbonyl (C=O) groups is 3. The van der Waals surface area contributed by atoms with Crippen LogP contribution in [0, 0.1) is 35.5 Å². The van der Waals surface area contributed by atoms with Crippen molar-refractivity contribution in [1.29, 1.82) is 0 Å². The van der Waals surface area contributed by atoms with Crippen LogP contribution in [0.5, 0.6) is 0 Å². The molecule has 0 saturated heterocycles. The molecular formula is C31H51NO12. The highest BCUT2D eigenvalue weighted by Gasteiger charge is 2.49. The van der Waals surface area contributed by atoms with Gasteiger partial charge in [-0.1, -0.05) is 0 Å². The number of aliphatic carboxylic acids is 1. The number of ether oxygens (including phenoxy) is 8. The first kappa shape index (κ1) is 37.9. The van der Waals surface area contributed by atoms with Gasteiger partial charge in [-0.15, -0.1) is 11.8 Å². The summed E-state index contributed by atoms with van der Waals surface area (Å²) in [5.41, 5.74) is 0. The van der Waals surface area contributed by atoms with E-state index in [0.29, 0.717) is 104 Å². The monoisotopic (exact) mass is 629 g/mol. The third kappa shape index (κ3) is 18.5. The molecule has 0 heterocycles. The van der Waals surface area contributed by atoms with Gasteiger partial charge in [0.05, 0.1) is 111 Å². The molecule has 4 atom stereocenters. The van der Waals surface area contributed by atoms with E-state index in [-0.39, 0.29) is 19.6 Å². The Hall–Kier alpha value is -2.31. The Balaban J connectivity index is 1.39. The van der Waals surface area contributed by atoms with Gasteiger partial charge in [0.1, 0.15) is 0 Å². The van der Waals surface area contributed by atoms with E-state index in [0.717, 1.165) is 25.7 Å². The lowest BCUT2D eigenvalue weighted by atomic mass is 10.0. The first-order chi connectivity index (χ1) is 21.5. The second kappa shape index (κ2) is 24.9. The lowest BCUT2D eigenvalue weighted by Gasteiger charge is -2.15. The number of fused-ring (bicyclic) bond motifs is 1. The van der Waals surface area contributed by atoms with E-state index in [1.807, 2.05) is 0 Å². The van der Waals surface area contributed by atoms with Gasteiger partial charge in [-0.3, -0.25) is 14.4 Å². The molecule has 0 aromatic carbocycles. The zero-order chi connectivity index (χ0) is 31.7. The van der Waals surface area contributed by atoms with Gasteiger partial charge in [-0.25, -0.2) is 0 Å². The van der Waals surface area contributed by atoms with E-state index < -0.39 is 30.2 Å². The molecule has 0 aromatic heterocycles. The van der Waals surface area contributed by atoms with Crippen molar-refractivity contribution in [2.45, 2.75) is 38.5 Å². The van der Waals surface area contributed by atoms with Gasteiger partial charge in [-0.2, -0.15) is 0 Å². The Morgan fingerprint density at radius 2 is 1.16 bits per heavy atom. The molecule has 2 N–H and O–H groups in total. The van der Waals surface area contributed by atoms with Crippen molar-refractivity contribution in [2.24, 2.45) is 23.7 Å². The number of methoxy groups -OCH3 is 1. The zero-order valence-electron chi connectivity index (χ0n) is 26.1. The summed E-state index contributed by atoms with van der Waals surface area (Å²) in [4.78, 5) is 36.2. The van der Waals surface area contributed by atoms with Crippen molar-refractivity contribution >= 4 is 17.8 Å². The third-order valence-corrected chi connectivity index (χ3v) is 7.32. The van der Waals surface area contributed by atoms with Gasteiger partial charge < -0.3 is 48.3 Å². The van der Waals surface area contributed by atoms with Crippen molar-refractivity contribution < 1.29 is 57.4 Å². The average Bonchev–Trinajstić information content (AvgIpc) is 3.64. The number of carboxylic acid groups (broad SMARTS) is 1. The zero-order valence-corrected chi connectivity index (χ0v) is 26.1. The minimum absolute atomic E-state index is 0.188. The lowest BCUT2D eigenvalue weighted by Crippen LogP contribution is -2.36. The van der Waals surface area contributed by atoms with E-state index in [2.05, 4.69) is 17.2 Å². The van der Waals surface area contributed by atoms with Crippen molar-refractivity contribution in [3.05, 3.63) is 0 Å². The SMILES string of the molecule is COCCOCCOCCOCCOCCOCCOCCNC(=O)[C@H](CC(=O)O)CC(=O)OCC1[C@H]2CCC#CCC[C@@H]12. The predicted octanol–water partition coefficient (Wildman–Crippen LogP) is 1.31. The van der Waals surface area contributed by atoms with E-state index in [1.165, 1.54) is 0 Å². The number of esters is 1. The molecule has 1 unspecified atom stereocenters. The van der Waals surface area contributed by atoms with Crippen LogP contribution < -0.4 is 5.32 Å². The highest BCUT2D eigenvalue weighted by Crippen LogP contribution is 2.52. The average molecular weight is 630 g/mol. The van der Waals surface area contributed by atoms with Crippen molar-refractivity contribution in [3.8, 4) is 11.8 Å². The molecule has 13 nitrogen and oxygen atoms in total. The Morgan fingerprint density at radius 3 is 1.61 bits per heavy atom. The fraction of sp³-hybridized carbons (Fsp3) is 0.839. The van der Waals surface area contributed by atoms with Gasteiger partial charge in [-0.05, 0) is 30.6 Å². The Labute approximate surface area is 260 Å². The molecule has 2 aliphatic carbocycles. The summed E-state index contributed by atoms with van der Waals surface area (Å²) >= 11 is 0. The van der Waals surface area contributed by atoms with Crippen molar-refractivity contribution in [2.75, 3.05) is 106 Å². The molecule has 0 aliphatic heterocycles. The molecular weight excluding hydrogens is 578 g/mol. The van der Waals surface area contributed by atoms with Crippen LogP contribution in [0.25, 0.3) is 0 Å². The second-order valence-corrected chi connectivity index (χ2v) is 10.6. The number of amides is 1. The maximum absolute atomic E-state index is 12.5. The predicted molar refractivity (Wildman–Crippen MR) is 158 cm³/mol. The van der Waals surface area contributed by atoms with Gasteiger partial charge in [0.2, 0.25) is 5.91 Å². The number of hydrogen-bond donors (Lipinski definition) is 2. The van der Waals surface area contributed by atoms with Crippen LogP contribution in [0.15, 0.2) is 0 Å². The second-order valence-electron chi connectivity index (χ2n) is 10.6. The smallest absolute Gasteiger partial charge is 0.306 e. The third-order valence-electron chi connectivity index (χ3n) is 7.32. The minimum atomic E-state index is -1.15. The summed E-state index contributed by atoms with van der Waals surface area (Å²) in [5.74, 6) is 4.52. The van der Waals surface area contributed by atoms with Crippen LogP contribution >= 0.6 is 0 Å². The summed E-state index contributed by atoms with van der Waals surface area (Å²) in [7, 11) is 1.63.